The van der Waals surface area contributed by atoms with Gasteiger partial charge in [-0.3, -0.25) is 14.1 Å². The largest absolute Gasteiger partial charge is 0.382 e. The summed E-state index contributed by atoms with van der Waals surface area (Å²) in [6, 6.07) is 8.50. The third-order valence-corrected chi connectivity index (χ3v) is 6.98. The number of rotatable bonds is 3. The van der Waals surface area contributed by atoms with Gasteiger partial charge < -0.3 is 15.6 Å². The Kier molecular flexibility index (Phi) is 4.39. The van der Waals surface area contributed by atoms with Crippen molar-refractivity contribution in [2.45, 2.75) is 31.7 Å². The summed E-state index contributed by atoms with van der Waals surface area (Å²) in [5, 5.41) is 0. The molecule has 6 rings (SSSR count). The van der Waals surface area contributed by atoms with Crippen LogP contribution in [-0.4, -0.2) is 72.3 Å². The Hall–Kier alpha value is -3.46. The molecule has 1 aliphatic carbocycles. The van der Waals surface area contributed by atoms with Crippen molar-refractivity contribution >= 4 is 28.3 Å². The van der Waals surface area contributed by atoms with Gasteiger partial charge in [0.1, 0.15) is 22.9 Å². The number of amides is 1. The van der Waals surface area contributed by atoms with Crippen LogP contribution in [-0.2, 0) is 4.79 Å². The van der Waals surface area contributed by atoms with Gasteiger partial charge in [-0.25, -0.2) is 15.0 Å². The molecule has 2 aliphatic rings. The smallest absolute Gasteiger partial charge is 0.219 e. The summed E-state index contributed by atoms with van der Waals surface area (Å²) in [6.45, 7) is 5.18. The van der Waals surface area contributed by atoms with Gasteiger partial charge in [0, 0.05) is 57.5 Å². The molecule has 32 heavy (non-hydrogen) atoms. The Morgan fingerprint density at radius 1 is 1.12 bits per heavy atom. The standard InChI is InChI=1S/C23H26N8O/c1-14(32)29-8-10-30(11-9-29)16-12-15(13-16)23-28-19(20-21(24)25-6-7-31(20)23)22-26-17-4-2-3-5-18(17)27-22/h2-7,15-16H,8-13H2,1H3,(H2,24,25)(H,26,27). The number of aromatic nitrogens is 5. The highest BCUT2D eigenvalue weighted by molar-refractivity contribution is 5.87. The Labute approximate surface area is 185 Å². The first-order valence-electron chi connectivity index (χ1n) is 11.2. The molecule has 0 radical (unpaired) electrons. The molecule has 1 amide bonds. The zero-order valence-corrected chi connectivity index (χ0v) is 18.0. The third kappa shape index (κ3) is 3.03. The maximum absolute atomic E-state index is 11.6. The van der Waals surface area contributed by atoms with Crippen molar-refractivity contribution in [3.63, 3.8) is 0 Å². The average molecular weight is 431 g/mol. The molecule has 0 spiro atoms. The molecule has 0 unspecified atom stereocenters. The van der Waals surface area contributed by atoms with Crippen LogP contribution >= 0.6 is 0 Å². The SMILES string of the molecule is CC(=O)N1CCN(C2CC(c3nc(-c4nc5ccccc5[nH]4)c4c(N)nccn34)C2)CC1. The number of hydrogen-bond donors (Lipinski definition) is 2. The van der Waals surface area contributed by atoms with Crippen LogP contribution in [0, 0.1) is 0 Å². The summed E-state index contributed by atoms with van der Waals surface area (Å²) < 4.78 is 2.08. The van der Waals surface area contributed by atoms with Crippen molar-refractivity contribution in [3.05, 3.63) is 42.5 Å². The summed E-state index contributed by atoms with van der Waals surface area (Å²) in [4.78, 5) is 33.5. The fraction of sp³-hybridized carbons (Fsp3) is 0.391. The molecule has 0 atom stereocenters. The summed E-state index contributed by atoms with van der Waals surface area (Å²) in [5.74, 6) is 2.72. The molecular weight excluding hydrogens is 404 g/mol. The highest BCUT2D eigenvalue weighted by Gasteiger charge is 2.38. The Morgan fingerprint density at radius 3 is 2.66 bits per heavy atom. The number of benzene rings is 1. The maximum atomic E-state index is 11.6. The molecule has 1 saturated heterocycles. The van der Waals surface area contributed by atoms with Gasteiger partial charge in [-0.15, -0.1) is 0 Å². The number of anilines is 1. The number of piperazine rings is 1. The number of para-hydroxylation sites is 2. The van der Waals surface area contributed by atoms with E-state index in [-0.39, 0.29) is 5.91 Å². The number of carbonyl (C=O) groups is 1. The highest BCUT2D eigenvalue weighted by atomic mass is 16.2. The van der Waals surface area contributed by atoms with Crippen molar-refractivity contribution in [2.24, 2.45) is 0 Å². The Bertz CT molecular complexity index is 1280. The molecule has 9 nitrogen and oxygen atoms in total. The topological polar surface area (TPSA) is 108 Å². The van der Waals surface area contributed by atoms with E-state index in [0.29, 0.717) is 23.6 Å². The van der Waals surface area contributed by atoms with E-state index >= 15 is 0 Å². The normalized spacial score (nSPS) is 21.8. The molecular formula is C23H26N8O. The second-order valence-corrected chi connectivity index (χ2v) is 8.82. The van der Waals surface area contributed by atoms with Gasteiger partial charge in [0.25, 0.3) is 0 Å². The number of nitrogen functional groups attached to an aromatic ring is 1. The summed E-state index contributed by atoms with van der Waals surface area (Å²) in [7, 11) is 0. The van der Waals surface area contributed by atoms with E-state index in [1.165, 1.54) is 0 Å². The molecule has 9 heteroatoms. The van der Waals surface area contributed by atoms with E-state index in [9.17, 15) is 4.79 Å². The van der Waals surface area contributed by atoms with Crippen LogP contribution in [0.3, 0.4) is 0 Å². The molecule has 2 fully saturated rings. The van der Waals surface area contributed by atoms with Crippen molar-refractivity contribution < 1.29 is 4.79 Å². The van der Waals surface area contributed by atoms with Gasteiger partial charge >= 0.3 is 0 Å². The van der Waals surface area contributed by atoms with E-state index < -0.39 is 0 Å². The molecule has 1 aromatic carbocycles. The predicted octanol–water partition coefficient (Wildman–Crippen LogP) is 2.26. The lowest BCUT2D eigenvalue weighted by Gasteiger charge is -2.46. The number of H-pyrrole nitrogens is 1. The molecule has 3 aromatic heterocycles. The fourth-order valence-corrected chi connectivity index (χ4v) is 5.10. The molecule has 4 heterocycles. The number of hydrogen-bond acceptors (Lipinski definition) is 6. The van der Waals surface area contributed by atoms with Crippen LogP contribution < -0.4 is 5.73 Å². The lowest BCUT2D eigenvalue weighted by molar-refractivity contribution is -0.131. The first kappa shape index (κ1) is 19.2. The third-order valence-electron chi connectivity index (χ3n) is 6.98. The van der Waals surface area contributed by atoms with E-state index in [1.807, 2.05) is 35.4 Å². The second kappa shape index (κ2) is 7.30. The minimum absolute atomic E-state index is 0.171. The molecule has 1 saturated carbocycles. The Morgan fingerprint density at radius 2 is 1.91 bits per heavy atom. The predicted molar refractivity (Wildman–Crippen MR) is 122 cm³/mol. The lowest BCUT2D eigenvalue weighted by atomic mass is 9.78. The number of carbonyl (C=O) groups excluding carboxylic acids is 1. The Balaban J connectivity index is 1.28. The molecule has 1 aliphatic heterocycles. The summed E-state index contributed by atoms with van der Waals surface area (Å²) >= 11 is 0. The molecule has 4 aromatic rings. The monoisotopic (exact) mass is 430 g/mol. The number of nitrogens with zero attached hydrogens (tertiary/aromatic N) is 6. The number of nitrogens with one attached hydrogen (secondary N) is 1. The van der Waals surface area contributed by atoms with Crippen LogP contribution in [0.5, 0.6) is 0 Å². The highest BCUT2D eigenvalue weighted by Crippen LogP contribution is 2.41. The quantitative estimate of drug-likeness (QED) is 0.516. The first-order chi connectivity index (χ1) is 15.6. The fourth-order valence-electron chi connectivity index (χ4n) is 5.10. The van der Waals surface area contributed by atoms with Crippen molar-refractivity contribution in [1.29, 1.82) is 0 Å². The van der Waals surface area contributed by atoms with Gasteiger partial charge in [-0.1, -0.05) is 12.1 Å². The van der Waals surface area contributed by atoms with Crippen LogP contribution in [0.2, 0.25) is 0 Å². The van der Waals surface area contributed by atoms with Gasteiger partial charge in [0.2, 0.25) is 5.91 Å². The average Bonchev–Trinajstić information content (AvgIpc) is 3.36. The van der Waals surface area contributed by atoms with Crippen molar-refractivity contribution in [3.8, 4) is 11.5 Å². The van der Waals surface area contributed by atoms with Crippen molar-refractivity contribution in [2.75, 3.05) is 31.9 Å². The first-order valence-corrected chi connectivity index (χ1v) is 11.2. The lowest BCUT2D eigenvalue weighted by Crippen LogP contribution is -2.54. The van der Waals surface area contributed by atoms with Crippen LogP contribution in [0.25, 0.3) is 28.1 Å². The van der Waals surface area contributed by atoms with Crippen molar-refractivity contribution in [1.82, 2.24) is 34.1 Å². The van der Waals surface area contributed by atoms with Crippen LogP contribution in [0.15, 0.2) is 36.7 Å². The molecule has 0 bridgehead atoms. The van der Waals surface area contributed by atoms with E-state index in [4.69, 9.17) is 15.7 Å². The van der Waals surface area contributed by atoms with Crippen LogP contribution in [0.1, 0.15) is 31.5 Å². The van der Waals surface area contributed by atoms with Crippen LogP contribution in [0.4, 0.5) is 5.82 Å². The van der Waals surface area contributed by atoms with E-state index in [2.05, 4.69) is 19.3 Å². The zero-order valence-electron chi connectivity index (χ0n) is 18.0. The zero-order chi connectivity index (χ0) is 21.8. The minimum atomic E-state index is 0.171. The number of fused-ring (bicyclic) bond motifs is 2. The number of imidazole rings is 2. The van der Waals surface area contributed by atoms with E-state index in [1.54, 1.807) is 13.1 Å². The summed E-state index contributed by atoms with van der Waals surface area (Å²) in [5.41, 5.74) is 9.72. The number of aromatic amines is 1. The van der Waals surface area contributed by atoms with E-state index in [0.717, 1.165) is 67.1 Å². The van der Waals surface area contributed by atoms with Gasteiger partial charge in [-0.05, 0) is 25.0 Å². The summed E-state index contributed by atoms with van der Waals surface area (Å²) in [6.07, 6.45) is 5.79. The molecule has 164 valence electrons. The molecule has 3 N–H and O–H groups in total. The maximum Gasteiger partial charge on any atom is 0.219 e. The number of nitrogens with two attached hydrogens (primary N) is 1. The van der Waals surface area contributed by atoms with Gasteiger partial charge in [0.15, 0.2) is 5.82 Å². The minimum Gasteiger partial charge on any atom is -0.382 e. The van der Waals surface area contributed by atoms with Gasteiger partial charge in [-0.2, -0.15) is 0 Å². The van der Waals surface area contributed by atoms with Gasteiger partial charge in [0.05, 0.1) is 11.0 Å². The second-order valence-electron chi connectivity index (χ2n) is 8.82.